The number of primary amides is 2. The average molecular weight is 302 g/mol. The molecule has 6 N–H and O–H groups in total. The highest BCUT2D eigenvalue weighted by molar-refractivity contribution is 5.87. The molecule has 0 bridgehead atoms. The zero-order chi connectivity index (χ0) is 16.6. The Hall–Kier alpha value is -2.32. The minimum atomic E-state index is -1.10. The van der Waals surface area contributed by atoms with Gasteiger partial charge in [-0.15, -0.1) is 0 Å². The van der Waals surface area contributed by atoms with Crippen molar-refractivity contribution < 1.29 is 24.3 Å². The molecule has 0 unspecified atom stereocenters. The lowest BCUT2D eigenvalue weighted by Crippen LogP contribution is -2.51. The maximum Gasteiger partial charge on any atom is 0.318 e. The second-order valence-electron chi connectivity index (χ2n) is 4.74. The zero-order valence-corrected chi connectivity index (χ0v) is 12.2. The third-order valence-corrected chi connectivity index (χ3v) is 3.37. The molecule has 0 rings (SSSR count). The van der Waals surface area contributed by atoms with Gasteiger partial charge in [0.05, 0.1) is 5.41 Å². The number of rotatable bonds is 9. The van der Waals surface area contributed by atoms with Gasteiger partial charge in [0, 0.05) is 6.54 Å². The van der Waals surface area contributed by atoms with Crippen LogP contribution in [0.2, 0.25) is 0 Å². The van der Waals surface area contributed by atoms with Gasteiger partial charge in [-0.1, -0.05) is 13.8 Å². The van der Waals surface area contributed by atoms with Crippen LogP contribution in [-0.2, 0) is 14.4 Å². The van der Waals surface area contributed by atoms with Crippen molar-refractivity contribution in [2.75, 3.05) is 19.6 Å². The first kappa shape index (κ1) is 18.7. The maximum atomic E-state index is 11.9. The van der Waals surface area contributed by atoms with Gasteiger partial charge in [-0.3, -0.25) is 14.4 Å². The van der Waals surface area contributed by atoms with Crippen LogP contribution in [-0.4, -0.2) is 53.5 Å². The van der Waals surface area contributed by atoms with Gasteiger partial charge in [0.25, 0.3) is 0 Å². The lowest BCUT2D eigenvalue weighted by atomic mass is 9.82. The van der Waals surface area contributed by atoms with Crippen molar-refractivity contribution >= 4 is 23.8 Å². The van der Waals surface area contributed by atoms with Gasteiger partial charge >= 0.3 is 12.0 Å². The summed E-state index contributed by atoms with van der Waals surface area (Å²) in [5.41, 5.74) is 8.87. The Balaban J connectivity index is 4.85. The van der Waals surface area contributed by atoms with Crippen molar-refractivity contribution in [1.29, 1.82) is 0 Å². The summed E-state index contributed by atoms with van der Waals surface area (Å²) in [5, 5.41) is 11.7. The van der Waals surface area contributed by atoms with E-state index in [1.54, 1.807) is 13.8 Å². The SMILES string of the molecule is CCC(CC)(CNC(=O)N(CC(N)=O)CC(N)=O)C(=O)O. The highest BCUT2D eigenvalue weighted by Crippen LogP contribution is 2.25. The molecule has 0 saturated carbocycles. The lowest BCUT2D eigenvalue weighted by molar-refractivity contribution is -0.149. The van der Waals surface area contributed by atoms with E-state index in [-0.39, 0.29) is 6.54 Å². The molecule has 0 heterocycles. The zero-order valence-electron chi connectivity index (χ0n) is 12.2. The van der Waals surface area contributed by atoms with Crippen molar-refractivity contribution in [3.05, 3.63) is 0 Å². The van der Waals surface area contributed by atoms with Crippen molar-refractivity contribution in [2.24, 2.45) is 16.9 Å². The Labute approximate surface area is 122 Å². The number of hydrogen-bond donors (Lipinski definition) is 4. The maximum absolute atomic E-state index is 11.9. The molecular weight excluding hydrogens is 280 g/mol. The van der Waals surface area contributed by atoms with Gasteiger partial charge in [0.1, 0.15) is 13.1 Å². The Bertz CT molecular complexity index is 404. The van der Waals surface area contributed by atoms with Gasteiger partial charge in [0.15, 0.2) is 0 Å². The van der Waals surface area contributed by atoms with Crippen molar-refractivity contribution in [1.82, 2.24) is 10.2 Å². The third kappa shape index (κ3) is 5.67. The summed E-state index contributed by atoms with van der Waals surface area (Å²) in [6.07, 6.45) is 0.648. The van der Waals surface area contributed by atoms with Crippen LogP contribution >= 0.6 is 0 Å². The highest BCUT2D eigenvalue weighted by Gasteiger charge is 2.35. The second-order valence-corrected chi connectivity index (χ2v) is 4.74. The van der Waals surface area contributed by atoms with E-state index < -0.39 is 42.3 Å². The molecule has 9 heteroatoms. The molecule has 120 valence electrons. The molecule has 0 aliphatic rings. The highest BCUT2D eigenvalue weighted by atomic mass is 16.4. The largest absolute Gasteiger partial charge is 0.481 e. The fourth-order valence-corrected chi connectivity index (χ4v) is 1.81. The van der Waals surface area contributed by atoms with Crippen LogP contribution in [0.15, 0.2) is 0 Å². The summed E-state index contributed by atoms with van der Waals surface area (Å²) in [4.78, 5) is 45.8. The van der Waals surface area contributed by atoms with Gasteiger partial charge in [-0.05, 0) is 12.8 Å². The van der Waals surface area contributed by atoms with Crippen molar-refractivity contribution in [2.45, 2.75) is 26.7 Å². The predicted octanol–water partition coefficient (Wildman–Crippen LogP) is -1.14. The van der Waals surface area contributed by atoms with E-state index in [0.29, 0.717) is 12.8 Å². The Morgan fingerprint density at radius 1 is 1.05 bits per heavy atom. The molecular formula is C12H22N4O5. The first-order chi connectivity index (χ1) is 9.68. The average Bonchev–Trinajstić information content (AvgIpc) is 2.38. The number of nitrogens with one attached hydrogen (secondary N) is 1. The molecule has 0 aromatic heterocycles. The normalized spacial score (nSPS) is 10.8. The summed E-state index contributed by atoms with van der Waals surface area (Å²) in [7, 11) is 0. The Morgan fingerprint density at radius 2 is 1.48 bits per heavy atom. The number of amides is 4. The molecule has 0 spiro atoms. The number of carbonyl (C=O) groups excluding carboxylic acids is 3. The van der Waals surface area contributed by atoms with Gasteiger partial charge in [0.2, 0.25) is 11.8 Å². The second kappa shape index (κ2) is 8.08. The summed E-state index contributed by atoms with van der Waals surface area (Å²) in [5.74, 6) is -2.63. The molecule has 0 aliphatic heterocycles. The van der Waals surface area contributed by atoms with E-state index >= 15 is 0 Å². The van der Waals surface area contributed by atoms with Crippen LogP contribution in [0, 0.1) is 5.41 Å². The number of carboxylic acids is 1. The summed E-state index contributed by atoms with van der Waals surface area (Å²) in [6.45, 7) is 2.32. The molecule has 0 saturated heterocycles. The number of urea groups is 1. The van der Waals surface area contributed by atoms with Crippen LogP contribution in [0.4, 0.5) is 4.79 Å². The Morgan fingerprint density at radius 3 is 1.76 bits per heavy atom. The fourth-order valence-electron chi connectivity index (χ4n) is 1.81. The first-order valence-corrected chi connectivity index (χ1v) is 6.51. The van der Waals surface area contributed by atoms with Crippen molar-refractivity contribution in [3.8, 4) is 0 Å². The molecule has 0 atom stereocenters. The molecule has 4 amide bonds. The van der Waals surface area contributed by atoms with Crippen LogP contribution < -0.4 is 16.8 Å². The smallest absolute Gasteiger partial charge is 0.318 e. The van der Waals surface area contributed by atoms with Crippen LogP contribution in [0.3, 0.4) is 0 Å². The molecule has 21 heavy (non-hydrogen) atoms. The third-order valence-electron chi connectivity index (χ3n) is 3.37. The van der Waals surface area contributed by atoms with Crippen LogP contribution in [0.5, 0.6) is 0 Å². The summed E-state index contributed by atoms with van der Waals surface area (Å²) >= 11 is 0. The number of nitrogens with zero attached hydrogens (tertiary/aromatic N) is 1. The van der Waals surface area contributed by atoms with Crippen molar-refractivity contribution in [3.63, 3.8) is 0 Å². The van der Waals surface area contributed by atoms with Gasteiger partial charge < -0.3 is 26.8 Å². The van der Waals surface area contributed by atoms with E-state index in [9.17, 15) is 24.3 Å². The van der Waals surface area contributed by atoms with E-state index in [4.69, 9.17) is 11.5 Å². The van der Waals surface area contributed by atoms with Crippen LogP contribution in [0.1, 0.15) is 26.7 Å². The first-order valence-electron chi connectivity index (χ1n) is 6.51. The molecule has 0 fully saturated rings. The molecule has 0 aromatic carbocycles. The predicted molar refractivity (Wildman–Crippen MR) is 74.0 cm³/mol. The number of aliphatic carboxylic acids is 1. The fraction of sp³-hybridized carbons (Fsp3) is 0.667. The monoisotopic (exact) mass is 302 g/mol. The van der Waals surface area contributed by atoms with Gasteiger partial charge in [-0.25, -0.2) is 4.79 Å². The lowest BCUT2D eigenvalue weighted by Gasteiger charge is -2.28. The van der Waals surface area contributed by atoms with Crippen LogP contribution in [0.25, 0.3) is 0 Å². The number of nitrogens with two attached hydrogens (primary N) is 2. The Kier molecular flexibility index (Phi) is 7.18. The standard InChI is InChI=1S/C12H22N4O5/c1-3-12(4-2,10(19)20)7-15-11(21)16(5-8(13)17)6-9(14)18/h3-7H2,1-2H3,(H2,13,17)(H2,14,18)(H,15,21)(H,19,20). The molecule has 0 radical (unpaired) electrons. The van der Waals surface area contributed by atoms with E-state index in [0.717, 1.165) is 4.90 Å². The summed E-state index contributed by atoms with van der Waals surface area (Å²) < 4.78 is 0. The minimum Gasteiger partial charge on any atom is -0.481 e. The minimum absolute atomic E-state index is 0.123. The molecule has 0 aliphatic carbocycles. The van der Waals surface area contributed by atoms with E-state index in [2.05, 4.69) is 5.32 Å². The quantitative estimate of drug-likeness (QED) is 0.423. The molecule has 9 nitrogen and oxygen atoms in total. The molecule has 0 aromatic rings. The summed E-state index contributed by atoms with van der Waals surface area (Å²) in [6, 6.07) is -0.764. The van der Waals surface area contributed by atoms with E-state index in [1.165, 1.54) is 0 Å². The number of carboxylic acid groups (broad SMARTS) is 1. The number of hydrogen-bond acceptors (Lipinski definition) is 4. The number of carbonyl (C=O) groups is 4. The topological polar surface area (TPSA) is 156 Å². The van der Waals surface area contributed by atoms with Gasteiger partial charge in [-0.2, -0.15) is 0 Å². The van der Waals surface area contributed by atoms with E-state index in [1.807, 2.05) is 0 Å².